The molecule has 2 atom stereocenters. The van der Waals surface area contributed by atoms with Gasteiger partial charge in [0.2, 0.25) is 0 Å². The second-order valence-corrected chi connectivity index (χ2v) is 4.14. The van der Waals surface area contributed by atoms with Crippen molar-refractivity contribution in [3.05, 3.63) is 0 Å². The molecule has 0 amide bonds. The van der Waals surface area contributed by atoms with Crippen LogP contribution in [-0.2, 0) is 10.1 Å². The quantitative estimate of drug-likeness (QED) is 0.388. The highest BCUT2D eigenvalue weighted by molar-refractivity contribution is 7.86. The minimum Gasteiger partial charge on any atom is -0.394 e. The molecule has 0 bridgehead atoms. The number of aliphatic hydroxyl groups is 2. The Morgan fingerprint density at radius 2 is 2.00 bits per heavy atom. The zero-order chi connectivity index (χ0) is 9.78. The van der Waals surface area contributed by atoms with E-state index < -0.39 is 28.2 Å². The molecule has 0 fully saturated rings. The Labute approximate surface area is 71.0 Å². The van der Waals surface area contributed by atoms with E-state index >= 15 is 0 Å². The zero-order valence-electron chi connectivity index (χ0n) is 6.64. The van der Waals surface area contributed by atoms with Gasteiger partial charge in [-0.15, -0.1) is 0 Å². The molecule has 0 aliphatic rings. The molecular weight excluding hydrogens is 186 g/mol. The van der Waals surface area contributed by atoms with Gasteiger partial charge in [0.05, 0.1) is 12.7 Å². The van der Waals surface area contributed by atoms with Gasteiger partial charge < -0.3 is 10.2 Å². The largest absolute Gasteiger partial charge is 0.394 e. The molecule has 74 valence electrons. The van der Waals surface area contributed by atoms with Crippen molar-refractivity contribution in [2.24, 2.45) is 0 Å². The fourth-order valence-corrected chi connectivity index (χ4v) is 0.779. The van der Waals surface area contributed by atoms with Gasteiger partial charge in [-0.1, -0.05) is 0 Å². The summed E-state index contributed by atoms with van der Waals surface area (Å²) in [6.07, 6.45) is -1.02. The molecule has 0 saturated heterocycles. The molecule has 0 heterocycles. The normalized spacial score (nSPS) is 17.3. The van der Waals surface area contributed by atoms with Crippen molar-refractivity contribution < 1.29 is 23.2 Å². The van der Waals surface area contributed by atoms with Crippen molar-refractivity contribution in [2.45, 2.75) is 18.4 Å². The van der Waals surface area contributed by atoms with Crippen molar-refractivity contribution in [3.8, 4) is 0 Å². The minimum absolute atomic E-state index is 0.0859. The fourth-order valence-electron chi connectivity index (χ4n) is 0.472. The van der Waals surface area contributed by atoms with Crippen molar-refractivity contribution in [1.29, 1.82) is 0 Å². The second-order valence-electron chi connectivity index (χ2n) is 2.40. The molecule has 4 N–H and O–H groups in total. The zero-order valence-corrected chi connectivity index (χ0v) is 7.45. The van der Waals surface area contributed by atoms with Crippen molar-refractivity contribution in [1.82, 2.24) is 5.32 Å². The SMILES string of the molecule is CC(NCC(O)CO)S(=O)(=O)O. The molecule has 2 unspecified atom stereocenters. The summed E-state index contributed by atoms with van der Waals surface area (Å²) in [4.78, 5) is 0. The number of aliphatic hydroxyl groups excluding tert-OH is 2. The summed E-state index contributed by atoms with van der Waals surface area (Å²) in [5.74, 6) is 0. The van der Waals surface area contributed by atoms with E-state index in [1.807, 2.05) is 0 Å². The van der Waals surface area contributed by atoms with Crippen LogP contribution in [0.3, 0.4) is 0 Å². The van der Waals surface area contributed by atoms with E-state index in [1.165, 1.54) is 6.92 Å². The first-order valence-corrected chi connectivity index (χ1v) is 4.87. The highest BCUT2D eigenvalue weighted by atomic mass is 32.2. The van der Waals surface area contributed by atoms with Gasteiger partial charge >= 0.3 is 0 Å². The van der Waals surface area contributed by atoms with E-state index in [0.29, 0.717) is 0 Å². The summed E-state index contributed by atoms with van der Waals surface area (Å²) in [6.45, 7) is 0.697. The Kier molecular flexibility index (Phi) is 4.64. The average Bonchev–Trinajstić information content (AvgIpc) is 1.97. The van der Waals surface area contributed by atoms with E-state index in [9.17, 15) is 8.42 Å². The molecule has 0 rings (SSSR count). The van der Waals surface area contributed by atoms with Gasteiger partial charge in [-0.3, -0.25) is 9.87 Å². The van der Waals surface area contributed by atoms with E-state index in [0.717, 1.165) is 0 Å². The van der Waals surface area contributed by atoms with E-state index in [2.05, 4.69) is 5.32 Å². The van der Waals surface area contributed by atoms with Crippen LogP contribution in [0.1, 0.15) is 6.92 Å². The van der Waals surface area contributed by atoms with E-state index in [4.69, 9.17) is 14.8 Å². The first kappa shape index (κ1) is 11.8. The van der Waals surface area contributed by atoms with Crippen molar-refractivity contribution in [3.63, 3.8) is 0 Å². The molecule has 0 spiro atoms. The number of nitrogens with one attached hydrogen (secondary N) is 1. The predicted octanol–water partition coefficient (Wildman–Crippen LogP) is -1.84. The Morgan fingerprint density at radius 3 is 2.33 bits per heavy atom. The van der Waals surface area contributed by atoms with Crippen LogP contribution >= 0.6 is 0 Å². The highest BCUT2D eigenvalue weighted by Gasteiger charge is 2.16. The smallest absolute Gasteiger partial charge is 0.280 e. The Hall–Kier alpha value is -0.210. The Morgan fingerprint density at radius 1 is 1.50 bits per heavy atom. The molecule has 0 aromatic heterocycles. The van der Waals surface area contributed by atoms with Crippen LogP contribution in [0.5, 0.6) is 0 Å². The Balaban J connectivity index is 3.80. The summed E-state index contributed by atoms with van der Waals surface area (Å²) in [7, 11) is -4.11. The third-order valence-corrected chi connectivity index (χ3v) is 2.36. The maximum absolute atomic E-state index is 10.4. The van der Waals surface area contributed by atoms with Crippen LogP contribution in [0.15, 0.2) is 0 Å². The monoisotopic (exact) mass is 199 g/mol. The molecular formula is C5H13NO5S. The van der Waals surface area contributed by atoms with Crippen LogP contribution in [0.2, 0.25) is 0 Å². The topological polar surface area (TPSA) is 107 Å². The lowest BCUT2D eigenvalue weighted by atomic mass is 10.4. The standard InChI is InChI=1S/C5H13NO5S/c1-4(12(9,10)11)6-2-5(8)3-7/h4-8H,2-3H2,1H3,(H,9,10,11). The lowest BCUT2D eigenvalue weighted by Gasteiger charge is -2.12. The molecule has 12 heavy (non-hydrogen) atoms. The van der Waals surface area contributed by atoms with Crippen LogP contribution in [0.4, 0.5) is 0 Å². The summed E-state index contributed by atoms with van der Waals surface area (Å²) in [5, 5.41) is 18.3. The summed E-state index contributed by atoms with van der Waals surface area (Å²) in [6, 6.07) is 0. The number of hydrogen-bond acceptors (Lipinski definition) is 5. The molecule has 7 heteroatoms. The maximum atomic E-state index is 10.4. The molecule has 0 radical (unpaired) electrons. The number of hydrogen-bond donors (Lipinski definition) is 4. The summed E-state index contributed by atoms with van der Waals surface area (Å²) in [5.41, 5.74) is 0. The average molecular weight is 199 g/mol. The first-order valence-electron chi connectivity index (χ1n) is 3.36. The maximum Gasteiger partial charge on any atom is 0.280 e. The van der Waals surface area contributed by atoms with Crippen LogP contribution in [0, 0.1) is 0 Å². The van der Waals surface area contributed by atoms with Crippen LogP contribution in [0.25, 0.3) is 0 Å². The lowest BCUT2D eigenvalue weighted by molar-refractivity contribution is 0.0939. The molecule has 0 aliphatic carbocycles. The minimum atomic E-state index is -4.11. The Bertz CT molecular complexity index is 214. The predicted molar refractivity (Wildman–Crippen MR) is 42.1 cm³/mol. The summed E-state index contributed by atoms with van der Waals surface area (Å²) < 4.78 is 29.2. The van der Waals surface area contributed by atoms with Gasteiger partial charge in [0.25, 0.3) is 10.1 Å². The molecule has 0 aromatic carbocycles. The number of rotatable bonds is 5. The fraction of sp³-hybridized carbons (Fsp3) is 1.00. The highest BCUT2D eigenvalue weighted by Crippen LogP contribution is 1.92. The van der Waals surface area contributed by atoms with Crippen molar-refractivity contribution in [2.75, 3.05) is 13.2 Å². The third-order valence-electron chi connectivity index (χ3n) is 1.30. The van der Waals surface area contributed by atoms with Gasteiger partial charge in [0, 0.05) is 6.54 Å². The van der Waals surface area contributed by atoms with Crippen molar-refractivity contribution >= 4 is 10.1 Å². The van der Waals surface area contributed by atoms with E-state index in [-0.39, 0.29) is 6.54 Å². The lowest BCUT2D eigenvalue weighted by Crippen LogP contribution is -2.39. The van der Waals surface area contributed by atoms with E-state index in [1.54, 1.807) is 0 Å². The third kappa shape index (κ3) is 4.62. The van der Waals surface area contributed by atoms with Crippen LogP contribution in [-0.4, -0.2) is 47.8 Å². The van der Waals surface area contributed by atoms with Gasteiger partial charge in [0.1, 0.15) is 5.37 Å². The molecule has 0 aromatic rings. The molecule has 0 saturated carbocycles. The molecule has 6 nitrogen and oxygen atoms in total. The molecule has 0 aliphatic heterocycles. The van der Waals surface area contributed by atoms with Gasteiger partial charge in [-0.05, 0) is 6.92 Å². The van der Waals surface area contributed by atoms with Gasteiger partial charge in [-0.25, -0.2) is 0 Å². The van der Waals surface area contributed by atoms with Gasteiger partial charge in [-0.2, -0.15) is 8.42 Å². The first-order chi connectivity index (χ1) is 5.38. The van der Waals surface area contributed by atoms with Gasteiger partial charge in [0.15, 0.2) is 0 Å². The summed E-state index contributed by atoms with van der Waals surface area (Å²) >= 11 is 0. The second kappa shape index (κ2) is 4.73. The van der Waals surface area contributed by atoms with Crippen LogP contribution < -0.4 is 5.32 Å².